The molecule has 2 aromatic carbocycles. The second-order valence-corrected chi connectivity index (χ2v) is 8.30. The minimum absolute atomic E-state index is 0.0627. The highest BCUT2D eigenvalue weighted by atomic mass is 16.6. The Morgan fingerprint density at radius 2 is 1.79 bits per heavy atom. The molecule has 0 radical (unpaired) electrons. The first-order chi connectivity index (χ1) is 15.9. The fraction of sp³-hybridized carbons (Fsp3) is 0.280. The van der Waals surface area contributed by atoms with Gasteiger partial charge >= 0.3 is 6.09 Å². The van der Waals surface area contributed by atoms with Gasteiger partial charge in [-0.05, 0) is 48.7 Å². The van der Waals surface area contributed by atoms with Gasteiger partial charge in [0, 0.05) is 17.4 Å². The molecule has 1 fully saturated rings. The Morgan fingerprint density at radius 3 is 2.48 bits per heavy atom. The van der Waals surface area contributed by atoms with Gasteiger partial charge in [0.05, 0.1) is 12.1 Å². The number of nitrogens with zero attached hydrogens (tertiary/aromatic N) is 3. The predicted molar refractivity (Wildman–Crippen MR) is 127 cm³/mol. The number of hydrogen-bond donors (Lipinski definition) is 2. The number of anilines is 3. The van der Waals surface area contributed by atoms with E-state index < -0.39 is 6.09 Å². The summed E-state index contributed by atoms with van der Waals surface area (Å²) in [4.78, 5) is 35.1. The number of carbonyl (C=O) groups is 2. The molecule has 1 unspecified atom stereocenters. The summed E-state index contributed by atoms with van der Waals surface area (Å²) >= 11 is 0. The van der Waals surface area contributed by atoms with Crippen molar-refractivity contribution < 1.29 is 14.3 Å². The van der Waals surface area contributed by atoms with E-state index >= 15 is 0 Å². The molecule has 2 atom stereocenters. The normalized spacial score (nSPS) is 16.4. The summed E-state index contributed by atoms with van der Waals surface area (Å²) in [6.07, 6.45) is 1.23. The van der Waals surface area contributed by atoms with Gasteiger partial charge in [-0.15, -0.1) is 0 Å². The molecule has 33 heavy (non-hydrogen) atoms. The minimum atomic E-state index is -0.393. The van der Waals surface area contributed by atoms with Crippen molar-refractivity contribution in [2.24, 2.45) is 5.92 Å². The molecule has 8 nitrogen and oxygen atoms in total. The number of carbonyl (C=O) groups excluding carboxylic acids is 2. The minimum Gasteiger partial charge on any atom is -0.447 e. The molecule has 170 valence electrons. The third-order valence-electron chi connectivity index (χ3n) is 5.61. The molecule has 8 heteroatoms. The predicted octanol–water partition coefficient (Wildman–Crippen LogP) is 4.88. The van der Waals surface area contributed by atoms with E-state index in [0.29, 0.717) is 23.9 Å². The molecule has 3 aromatic rings. The highest BCUT2D eigenvalue weighted by molar-refractivity contribution is 6.04. The summed E-state index contributed by atoms with van der Waals surface area (Å²) in [5, 5.41) is 6.15. The average molecular weight is 446 g/mol. The number of hydrogen-bond acceptors (Lipinski definition) is 6. The van der Waals surface area contributed by atoms with E-state index in [2.05, 4.69) is 20.6 Å². The maximum Gasteiger partial charge on any atom is 0.415 e. The van der Waals surface area contributed by atoms with Crippen LogP contribution in [0.5, 0.6) is 0 Å². The molecule has 4 rings (SSSR count). The molecule has 1 aliphatic heterocycles. The standard InChI is InChI=1S/C25H27N5O3/c1-16(2)21-15-33-25(32)30(21)22-13-14-26-24(29-22)27-17(3)18-9-11-19(12-10-18)23(31)28-20-7-5-4-6-8-20/h4-14,16-17,21H,15H2,1-3H3,(H,28,31)(H,26,27,29)/t17-,21?/m0/s1. The SMILES string of the molecule is CC(C)C1COC(=O)N1c1ccnc(N[C@@H](C)c2ccc(C(=O)Nc3ccccc3)cc2)n1. The lowest BCUT2D eigenvalue weighted by Gasteiger charge is -2.23. The van der Waals surface area contributed by atoms with Gasteiger partial charge < -0.3 is 15.4 Å². The smallest absolute Gasteiger partial charge is 0.415 e. The second-order valence-electron chi connectivity index (χ2n) is 8.30. The van der Waals surface area contributed by atoms with E-state index in [0.717, 1.165) is 11.3 Å². The van der Waals surface area contributed by atoms with Crippen molar-refractivity contribution in [3.8, 4) is 0 Å². The molecule has 2 amide bonds. The second kappa shape index (κ2) is 9.68. The Balaban J connectivity index is 1.43. The first-order valence-electron chi connectivity index (χ1n) is 10.9. The van der Waals surface area contributed by atoms with Crippen LogP contribution in [0.3, 0.4) is 0 Å². The van der Waals surface area contributed by atoms with E-state index in [4.69, 9.17) is 4.74 Å². The van der Waals surface area contributed by atoms with Gasteiger partial charge in [0.15, 0.2) is 0 Å². The molecule has 1 aromatic heterocycles. The van der Waals surface area contributed by atoms with Crippen molar-refractivity contribution in [2.45, 2.75) is 32.9 Å². The molecular formula is C25H27N5O3. The van der Waals surface area contributed by atoms with Crippen LogP contribution in [0.1, 0.15) is 42.7 Å². The van der Waals surface area contributed by atoms with E-state index in [-0.39, 0.29) is 23.9 Å². The lowest BCUT2D eigenvalue weighted by molar-refractivity contribution is 0.102. The number of amides is 2. The van der Waals surface area contributed by atoms with E-state index in [9.17, 15) is 9.59 Å². The number of rotatable bonds is 7. The van der Waals surface area contributed by atoms with Crippen LogP contribution in [0.25, 0.3) is 0 Å². The van der Waals surface area contributed by atoms with Crippen LogP contribution in [0, 0.1) is 5.92 Å². The van der Waals surface area contributed by atoms with E-state index in [1.807, 2.05) is 63.2 Å². The molecule has 1 aliphatic rings. The molecule has 0 bridgehead atoms. The van der Waals surface area contributed by atoms with Crippen LogP contribution in [0.2, 0.25) is 0 Å². The fourth-order valence-electron chi connectivity index (χ4n) is 3.67. The van der Waals surface area contributed by atoms with Crippen molar-refractivity contribution in [2.75, 3.05) is 22.1 Å². The Morgan fingerprint density at radius 1 is 1.06 bits per heavy atom. The first kappa shape index (κ1) is 22.3. The number of para-hydroxylation sites is 1. The number of nitrogens with one attached hydrogen (secondary N) is 2. The van der Waals surface area contributed by atoms with Crippen LogP contribution >= 0.6 is 0 Å². The van der Waals surface area contributed by atoms with Crippen LogP contribution in [0.4, 0.5) is 22.2 Å². The van der Waals surface area contributed by atoms with Crippen molar-refractivity contribution in [1.82, 2.24) is 9.97 Å². The summed E-state index contributed by atoms with van der Waals surface area (Å²) < 4.78 is 5.23. The number of ether oxygens (including phenoxy) is 1. The Hall–Kier alpha value is -3.94. The van der Waals surface area contributed by atoms with Gasteiger partial charge in [0.25, 0.3) is 5.91 Å². The van der Waals surface area contributed by atoms with Gasteiger partial charge in [-0.3, -0.25) is 9.69 Å². The van der Waals surface area contributed by atoms with Crippen LogP contribution in [0.15, 0.2) is 66.9 Å². The third-order valence-corrected chi connectivity index (χ3v) is 5.61. The molecule has 2 heterocycles. The highest BCUT2D eigenvalue weighted by Crippen LogP contribution is 2.26. The Labute approximate surface area is 193 Å². The molecule has 0 spiro atoms. The first-order valence-corrected chi connectivity index (χ1v) is 10.9. The summed E-state index contributed by atoms with van der Waals surface area (Å²) in [6.45, 7) is 6.43. The lowest BCUT2D eigenvalue weighted by Crippen LogP contribution is -2.37. The van der Waals surface area contributed by atoms with E-state index in [1.165, 1.54) is 0 Å². The number of aromatic nitrogens is 2. The van der Waals surface area contributed by atoms with Crippen molar-refractivity contribution >= 4 is 29.5 Å². The van der Waals surface area contributed by atoms with Crippen molar-refractivity contribution in [1.29, 1.82) is 0 Å². The molecule has 0 saturated carbocycles. The largest absolute Gasteiger partial charge is 0.447 e. The summed E-state index contributed by atoms with van der Waals surface area (Å²) in [5.41, 5.74) is 2.29. The Kier molecular flexibility index (Phi) is 6.53. The van der Waals surface area contributed by atoms with Gasteiger partial charge in [0.1, 0.15) is 12.4 Å². The van der Waals surface area contributed by atoms with Crippen LogP contribution in [-0.2, 0) is 4.74 Å². The monoisotopic (exact) mass is 445 g/mol. The molecule has 2 N–H and O–H groups in total. The third kappa shape index (κ3) is 5.11. The molecule has 1 saturated heterocycles. The lowest BCUT2D eigenvalue weighted by atomic mass is 10.0. The van der Waals surface area contributed by atoms with Crippen molar-refractivity contribution in [3.63, 3.8) is 0 Å². The molecular weight excluding hydrogens is 418 g/mol. The zero-order valence-electron chi connectivity index (χ0n) is 18.9. The van der Waals surface area contributed by atoms with Gasteiger partial charge in [0.2, 0.25) is 5.95 Å². The quantitative estimate of drug-likeness (QED) is 0.538. The number of cyclic esters (lactones) is 1. The summed E-state index contributed by atoms with van der Waals surface area (Å²) in [6, 6.07) is 18.2. The fourth-order valence-corrected chi connectivity index (χ4v) is 3.67. The number of benzene rings is 2. The van der Waals surface area contributed by atoms with Crippen molar-refractivity contribution in [3.05, 3.63) is 78.0 Å². The zero-order chi connectivity index (χ0) is 23.4. The van der Waals surface area contributed by atoms with Crippen LogP contribution < -0.4 is 15.5 Å². The maximum atomic E-state index is 12.5. The average Bonchev–Trinajstić information content (AvgIpc) is 3.22. The molecule has 0 aliphatic carbocycles. The van der Waals surface area contributed by atoms with Gasteiger partial charge in [-0.2, -0.15) is 4.98 Å². The Bertz CT molecular complexity index is 1120. The maximum absolute atomic E-state index is 12.5. The summed E-state index contributed by atoms with van der Waals surface area (Å²) in [5.74, 6) is 0.989. The summed E-state index contributed by atoms with van der Waals surface area (Å²) in [7, 11) is 0. The van der Waals surface area contributed by atoms with Gasteiger partial charge in [-0.1, -0.05) is 44.2 Å². The van der Waals surface area contributed by atoms with E-state index in [1.54, 1.807) is 29.3 Å². The van der Waals surface area contributed by atoms with Gasteiger partial charge in [-0.25, -0.2) is 9.78 Å². The van der Waals surface area contributed by atoms with Crippen LogP contribution in [-0.4, -0.2) is 34.6 Å². The topological polar surface area (TPSA) is 96.5 Å². The zero-order valence-corrected chi connectivity index (χ0v) is 18.9. The highest BCUT2D eigenvalue weighted by Gasteiger charge is 2.37.